The number of likely N-dealkylation sites (N-methyl/N-ethyl adjacent to an activating group) is 1. The molecule has 2 aliphatic heterocycles. The number of aromatic nitrogens is 2. The van der Waals surface area contributed by atoms with Gasteiger partial charge in [-0.05, 0) is 19.9 Å². The normalized spacial score (nSPS) is 21.7. The molecule has 0 radical (unpaired) electrons. The number of carbonyl (C=O) groups excluding carboxylic acids is 1. The van der Waals surface area contributed by atoms with Crippen molar-refractivity contribution in [1.82, 2.24) is 19.2 Å². The molecule has 0 bridgehead atoms. The summed E-state index contributed by atoms with van der Waals surface area (Å²) >= 11 is 1.40. The van der Waals surface area contributed by atoms with Gasteiger partial charge in [0.05, 0.1) is 0 Å². The first kappa shape index (κ1) is 16.5. The first-order valence-corrected chi connectivity index (χ1v) is 9.63. The highest BCUT2D eigenvalue weighted by atomic mass is 32.1. The van der Waals surface area contributed by atoms with Crippen LogP contribution in [-0.2, 0) is 4.79 Å². The lowest BCUT2D eigenvalue weighted by Crippen LogP contribution is -2.52. The monoisotopic (exact) mass is 357 g/mol. The molecule has 1 unspecified atom stereocenters. The summed E-state index contributed by atoms with van der Waals surface area (Å²) in [6.45, 7) is 4.44. The Morgan fingerprint density at radius 1 is 1.12 bits per heavy atom. The quantitative estimate of drug-likeness (QED) is 0.840. The third kappa shape index (κ3) is 3.39. The van der Waals surface area contributed by atoms with Gasteiger partial charge in [0.2, 0.25) is 11.0 Å². The van der Waals surface area contributed by atoms with Crippen LogP contribution in [0.5, 0.6) is 0 Å². The van der Waals surface area contributed by atoms with Crippen LogP contribution in [0.2, 0.25) is 0 Å². The smallest absolute Gasteiger partial charge is 0.245 e. The van der Waals surface area contributed by atoms with E-state index in [2.05, 4.69) is 21.2 Å². The molecule has 2 aliphatic rings. The number of anilines is 1. The molecule has 4 rings (SSSR count). The molecule has 7 heteroatoms. The summed E-state index contributed by atoms with van der Waals surface area (Å²) in [7, 11) is 2.11. The topological polar surface area (TPSA) is 52.6 Å². The molecule has 0 N–H and O–H groups in total. The van der Waals surface area contributed by atoms with Gasteiger partial charge < -0.3 is 14.7 Å². The Hall–Kier alpha value is -1.99. The van der Waals surface area contributed by atoms with Crippen molar-refractivity contribution in [2.75, 3.05) is 44.7 Å². The number of rotatable bonds is 3. The molecule has 0 saturated carbocycles. The average molecular weight is 357 g/mol. The first-order valence-electron chi connectivity index (χ1n) is 8.85. The van der Waals surface area contributed by atoms with E-state index in [1.54, 1.807) is 0 Å². The van der Waals surface area contributed by atoms with Crippen molar-refractivity contribution in [2.24, 2.45) is 0 Å². The molecule has 1 amide bonds. The van der Waals surface area contributed by atoms with E-state index in [4.69, 9.17) is 4.98 Å². The van der Waals surface area contributed by atoms with E-state index in [-0.39, 0.29) is 11.9 Å². The van der Waals surface area contributed by atoms with Gasteiger partial charge in [-0.2, -0.15) is 9.36 Å². The van der Waals surface area contributed by atoms with E-state index in [0.29, 0.717) is 0 Å². The van der Waals surface area contributed by atoms with Crippen LogP contribution in [0, 0.1) is 0 Å². The van der Waals surface area contributed by atoms with Crippen molar-refractivity contribution in [3.8, 4) is 11.4 Å². The molecule has 25 heavy (non-hydrogen) atoms. The number of hydrogen-bond acceptors (Lipinski definition) is 6. The number of carbonyl (C=O) groups is 1. The molecule has 0 aliphatic carbocycles. The minimum Gasteiger partial charge on any atom is -0.338 e. The molecule has 2 aromatic rings. The Morgan fingerprint density at radius 3 is 2.64 bits per heavy atom. The van der Waals surface area contributed by atoms with Gasteiger partial charge in [-0.1, -0.05) is 30.3 Å². The van der Waals surface area contributed by atoms with Crippen LogP contribution in [0.4, 0.5) is 5.13 Å². The van der Waals surface area contributed by atoms with Gasteiger partial charge in [-0.15, -0.1) is 0 Å². The zero-order chi connectivity index (χ0) is 17.2. The zero-order valence-electron chi connectivity index (χ0n) is 14.5. The summed E-state index contributed by atoms with van der Waals surface area (Å²) in [5.74, 6) is 1.00. The van der Waals surface area contributed by atoms with Gasteiger partial charge in [0.1, 0.15) is 6.04 Å². The van der Waals surface area contributed by atoms with Crippen LogP contribution in [0.1, 0.15) is 12.8 Å². The molecule has 132 valence electrons. The van der Waals surface area contributed by atoms with Crippen molar-refractivity contribution in [1.29, 1.82) is 0 Å². The van der Waals surface area contributed by atoms with E-state index in [1.165, 1.54) is 11.5 Å². The van der Waals surface area contributed by atoms with Crippen LogP contribution in [0.15, 0.2) is 30.3 Å². The van der Waals surface area contributed by atoms with Crippen molar-refractivity contribution in [3.63, 3.8) is 0 Å². The molecule has 2 fully saturated rings. The Morgan fingerprint density at radius 2 is 1.88 bits per heavy atom. The maximum Gasteiger partial charge on any atom is 0.245 e. The average Bonchev–Trinajstić information content (AvgIpc) is 3.32. The third-order valence-corrected chi connectivity index (χ3v) is 5.80. The van der Waals surface area contributed by atoms with Crippen molar-refractivity contribution >= 4 is 22.6 Å². The second kappa shape index (κ2) is 7.09. The fraction of sp³-hybridized carbons (Fsp3) is 0.500. The lowest BCUT2D eigenvalue weighted by molar-refractivity contribution is -0.134. The van der Waals surface area contributed by atoms with Gasteiger partial charge in [0, 0.05) is 49.8 Å². The van der Waals surface area contributed by atoms with Gasteiger partial charge in [-0.3, -0.25) is 4.79 Å². The lowest BCUT2D eigenvalue weighted by Gasteiger charge is -2.35. The summed E-state index contributed by atoms with van der Waals surface area (Å²) in [6, 6.07) is 9.92. The molecule has 1 aromatic heterocycles. The standard InChI is InChI=1S/C18H23N5OS/c1-21-10-12-22(13-11-21)17(24)15-8-5-9-23(15)18-19-16(20-25-18)14-6-3-2-4-7-14/h2-4,6-7,15H,5,8-13H2,1H3. The molecule has 1 atom stereocenters. The number of hydrogen-bond donors (Lipinski definition) is 0. The summed E-state index contributed by atoms with van der Waals surface area (Å²) in [4.78, 5) is 24.1. The zero-order valence-corrected chi connectivity index (χ0v) is 15.3. The van der Waals surface area contributed by atoms with Crippen molar-refractivity contribution in [3.05, 3.63) is 30.3 Å². The van der Waals surface area contributed by atoms with Crippen LogP contribution in [0.3, 0.4) is 0 Å². The minimum absolute atomic E-state index is 0.0834. The van der Waals surface area contributed by atoms with E-state index in [1.807, 2.05) is 35.2 Å². The first-order chi connectivity index (χ1) is 12.2. The molecular formula is C18H23N5OS. The molecule has 0 spiro atoms. The highest BCUT2D eigenvalue weighted by molar-refractivity contribution is 7.09. The van der Waals surface area contributed by atoms with E-state index >= 15 is 0 Å². The molecule has 1 aromatic carbocycles. The van der Waals surface area contributed by atoms with Crippen LogP contribution < -0.4 is 4.90 Å². The SMILES string of the molecule is CN1CCN(C(=O)C2CCCN2c2nc(-c3ccccc3)ns2)CC1. The largest absolute Gasteiger partial charge is 0.338 e. The Bertz CT molecular complexity index is 726. The van der Waals surface area contributed by atoms with Crippen LogP contribution in [0.25, 0.3) is 11.4 Å². The summed E-state index contributed by atoms with van der Waals surface area (Å²) in [5, 5.41) is 0.865. The molecule has 3 heterocycles. The Labute approximate surface area is 152 Å². The number of amides is 1. The van der Waals surface area contributed by atoms with Gasteiger partial charge in [0.15, 0.2) is 5.82 Å². The number of piperazine rings is 1. The molecule has 2 saturated heterocycles. The van der Waals surface area contributed by atoms with Gasteiger partial charge >= 0.3 is 0 Å². The summed E-state index contributed by atoms with van der Waals surface area (Å²) in [6.07, 6.45) is 1.94. The van der Waals surface area contributed by atoms with Crippen molar-refractivity contribution in [2.45, 2.75) is 18.9 Å². The highest BCUT2D eigenvalue weighted by Gasteiger charge is 2.36. The van der Waals surface area contributed by atoms with E-state index < -0.39 is 0 Å². The minimum atomic E-state index is -0.0834. The van der Waals surface area contributed by atoms with Gasteiger partial charge in [-0.25, -0.2) is 0 Å². The Balaban J connectivity index is 1.50. The third-order valence-electron chi connectivity index (χ3n) is 5.05. The molecular weight excluding hydrogens is 334 g/mol. The highest BCUT2D eigenvalue weighted by Crippen LogP contribution is 2.30. The van der Waals surface area contributed by atoms with Crippen LogP contribution in [-0.4, -0.2) is 70.9 Å². The van der Waals surface area contributed by atoms with E-state index in [9.17, 15) is 4.79 Å². The summed E-state index contributed by atoms with van der Waals surface area (Å²) < 4.78 is 4.50. The van der Waals surface area contributed by atoms with E-state index in [0.717, 1.165) is 62.1 Å². The predicted molar refractivity (Wildman–Crippen MR) is 99.8 cm³/mol. The number of benzene rings is 1. The number of nitrogens with zero attached hydrogens (tertiary/aromatic N) is 5. The van der Waals surface area contributed by atoms with Crippen molar-refractivity contribution < 1.29 is 4.79 Å². The second-order valence-electron chi connectivity index (χ2n) is 6.75. The Kier molecular flexibility index (Phi) is 4.67. The predicted octanol–water partition coefficient (Wildman–Crippen LogP) is 1.95. The maximum atomic E-state index is 13.0. The van der Waals surface area contributed by atoms with Gasteiger partial charge in [0.25, 0.3) is 0 Å². The summed E-state index contributed by atoms with van der Waals surface area (Å²) in [5.41, 5.74) is 1.02. The van der Waals surface area contributed by atoms with Crippen LogP contribution >= 0.6 is 11.5 Å². The second-order valence-corrected chi connectivity index (χ2v) is 7.48. The molecule has 6 nitrogen and oxygen atoms in total. The fourth-order valence-electron chi connectivity index (χ4n) is 3.53. The fourth-order valence-corrected chi connectivity index (χ4v) is 4.29. The lowest BCUT2D eigenvalue weighted by atomic mass is 10.1. The maximum absolute atomic E-state index is 13.0.